The zero-order valence-electron chi connectivity index (χ0n) is 32.5. The van der Waals surface area contributed by atoms with Crippen LogP contribution >= 0.6 is 0 Å². The first kappa shape index (κ1) is 42.5. The molecule has 0 radical (unpaired) electrons. The average Bonchev–Trinajstić information content (AvgIpc) is 3.59. The van der Waals surface area contributed by atoms with E-state index < -0.39 is 57.0 Å². The molecule has 6 rings (SSSR count). The van der Waals surface area contributed by atoms with Crippen LogP contribution in [0, 0.1) is 10.1 Å². The molecule has 15 nitrogen and oxygen atoms in total. The van der Waals surface area contributed by atoms with E-state index in [1.54, 1.807) is 14.2 Å². The van der Waals surface area contributed by atoms with Gasteiger partial charge in [0.1, 0.15) is 0 Å². The third kappa shape index (κ3) is 9.98. The number of nitro benzene ring substituents is 1. The number of aromatic amines is 1. The molecule has 0 aliphatic carbocycles. The van der Waals surface area contributed by atoms with Crippen LogP contribution in [0.4, 0.5) is 5.69 Å². The number of unbranched alkanes of at least 4 members (excludes halogenated alkanes) is 1. The molecule has 1 aliphatic heterocycles. The van der Waals surface area contributed by atoms with E-state index in [0.29, 0.717) is 24.3 Å². The Labute approximate surface area is 345 Å². The number of aromatic nitrogens is 2. The molecule has 1 N–H and O–H groups in total. The van der Waals surface area contributed by atoms with Crippen molar-refractivity contribution in [2.24, 2.45) is 0 Å². The SMILES string of the molecule is COc1ccc(C(OC[C@H]2O[C@@H](n3ccc(=O)[nH]c3=O)[C@H]([Se]C)[C@@H]2OC(=O)CCCCC(=O)Oc2ccc([N+](=O)[O-])cc2)(c2ccccc2)c2ccc(OC)cc2)cc1. The van der Waals surface area contributed by atoms with Gasteiger partial charge in [-0.2, -0.15) is 0 Å². The monoisotopic (exact) mass is 873 g/mol. The van der Waals surface area contributed by atoms with Crippen LogP contribution in [0.5, 0.6) is 17.2 Å². The first-order valence-corrected chi connectivity index (χ1v) is 21.4. The maximum atomic E-state index is 13.5. The van der Waals surface area contributed by atoms with Crippen molar-refractivity contribution in [2.75, 3.05) is 20.8 Å². The summed E-state index contributed by atoms with van der Waals surface area (Å²) in [6.45, 7) is -0.0967. The molecule has 4 aromatic carbocycles. The fraction of sp³-hybridized carbons (Fsp3) is 0.302. The Hall–Kier alpha value is -6.06. The number of nitro groups is 1. The molecule has 0 unspecified atom stereocenters. The van der Waals surface area contributed by atoms with Crippen LogP contribution in [0.25, 0.3) is 0 Å². The number of benzene rings is 4. The van der Waals surface area contributed by atoms with Gasteiger partial charge in [0, 0.05) is 12.1 Å². The summed E-state index contributed by atoms with van der Waals surface area (Å²) in [5.74, 6) is 2.35. The molecular formula is C43H43N3O12Se. The van der Waals surface area contributed by atoms with Gasteiger partial charge in [0.15, 0.2) is 0 Å². The minimum atomic E-state index is -1.22. The fourth-order valence-electron chi connectivity index (χ4n) is 6.94. The van der Waals surface area contributed by atoms with E-state index in [2.05, 4.69) is 4.98 Å². The molecule has 1 aliphatic rings. The van der Waals surface area contributed by atoms with Gasteiger partial charge >= 0.3 is 314 Å². The molecule has 308 valence electrons. The van der Waals surface area contributed by atoms with Gasteiger partial charge in [-0.3, -0.25) is 10.1 Å². The third-order valence-corrected chi connectivity index (χ3v) is 12.1. The standard InChI is InChI=1S/C43H43N3O12Se/c1-53-32-19-13-29(14-20-32)43(28-9-5-4-6-10-28,30-15-21-33(54-2)22-16-30)55-27-35-39(40(59-3)41(57-35)45-26-25-36(47)44-42(45)50)58-38(49)12-8-7-11-37(48)56-34-23-17-31(18-24-34)46(51)52/h4-6,9-10,13-26,35,39-41H,7-8,11-12,27H2,1-3H3,(H,44,47,50)/t35-,39-,40-,41-/m1/s1. The second-order valence-electron chi connectivity index (χ2n) is 13.5. The summed E-state index contributed by atoms with van der Waals surface area (Å²) < 4.78 is 37.5. The summed E-state index contributed by atoms with van der Waals surface area (Å²) in [5, 5.41) is 10.9. The molecule has 0 saturated carbocycles. The molecule has 5 aromatic rings. The molecule has 1 aromatic heterocycles. The van der Waals surface area contributed by atoms with Gasteiger partial charge in [0.05, 0.1) is 4.92 Å². The zero-order valence-corrected chi connectivity index (χ0v) is 34.2. The van der Waals surface area contributed by atoms with Crippen LogP contribution in [0.1, 0.15) is 48.6 Å². The quantitative estimate of drug-likeness (QED) is 0.0207. The van der Waals surface area contributed by atoms with Crippen molar-refractivity contribution in [3.8, 4) is 17.2 Å². The van der Waals surface area contributed by atoms with Crippen molar-refractivity contribution in [2.45, 2.75) is 60.4 Å². The molecule has 0 bridgehead atoms. The van der Waals surface area contributed by atoms with Crippen molar-refractivity contribution in [1.29, 1.82) is 0 Å². The number of ether oxygens (including phenoxy) is 6. The molecule has 1 saturated heterocycles. The van der Waals surface area contributed by atoms with Crippen LogP contribution in [-0.4, -0.2) is 74.4 Å². The number of hydrogen-bond acceptors (Lipinski definition) is 12. The third-order valence-electron chi connectivity index (χ3n) is 9.88. The zero-order chi connectivity index (χ0) is 41.9. The van der Waals surface area contributed by atoms with Crippen molar-refractivity contribution >= 4 is 32.6 Å². The first-order valence-electron chi connectivity index (χ1n) is 18.7. The number of nitrogens with one attached hydrogen (secondary N) is 1. The second-order valence-corrected chi connectivity index (χ2v) is 15.6. The van der Waals surface area contributed by atoms with E-state index in [1.807, 2.05) is 84.7 Å². The van der Waals surface area contributed by atoms with Gasteiger partial charge in [-0.05, 0) is 0 Å². The summed E-state index contributed by atoms with van der Waals surface area (Å²) in [6.07, 6.45) is -0.649. The fourth-order valence-corrected chi connectivity index (χ4v) is 8.88. The number of rotatable bonds is 18. The summed E-state index contributed by atoms with van der Waals surface area (Å²) in [4.78, 5) is 63.3. The van der Waals surface area contributed by atoms with E-state index in [0.717, 1.165) is 16.7 Å². The topological polar surface area (TPSA) is 188 Å². The molecule has 16 heteroatoms. The Bertz CT molecular complexity index is 2270. The second kappa shape index (κ2) is 19.6. The normalized spacial score (nSPS) is 17.5. The van der Waals surface area contributed by atoms with E-state index in [-0.39, 0.29) is 45.8 Å². The number of carbonyl (C=O) groups excluding carboxylic acids is 2. The maximum absolute atomic E-state index is 13.5. The van der Waals surface area contributed by atoms with Crippen molar-refractivity contribution in [3.63, 3.8) is 0 Å². The summed E-state index contributed by atoms with van der Waals surface area (Å²) in [7, 11) is 3.18. The summed E-state index contributed by atoms with van der Waals surface area (Å²) in [6, 6.07) is 31.1. The van der Waals surface area contributed by atoms with Gasteiger partial charge in [0.2, 0.25) is 0 Å². The van der Waals surface area contributed by atoms with E-state index in [1.165, 1.54) is 41.1 Å². The average molecular weight is 873 g/mol. The molecular weight excluding hydrogens is 829 g/mol. The van der Waals surface area contributed by atoms with E-state index >= 15 is 0 Å². The van der Waals surface area contributed by atoms with Crippen LogP contribution in [0.15, 0.2) is 125 Å². The number of nitrogens with zero attached hydrogens (tertiary/aromatic N) is 2. The number of carbonyl (C=O) groups is 2. The minimum absolute atomic E-state index is 0.00343. The molecule has 1 fully saturated rings. The molecule has 4 atom stereocenters. The Kier molecular flexibility index (Phi) is 14.1. The van der Waals surface area contributed by atoms with Gasteiger partial charge in [-0.15, -0.1) is 0 Å². The first-order chi connectivity index (χ1) is 28.6. The Morgan fingerprint density at radius 3 is 1.90 bits per heavy atom. The van der Waals surface area contributed by atoms with Crippen LogP contribution < -0.4 is 25.5 Å². The van der Waals surface area contributed by atoms with Crippen molar-refractivity contribution < 1.29 is 42.9 Å². The van der Waals surface area contributed by atoms with Gasteiger partial charge in [-0.1, -0.05) is 0 Å². The number of non-ortho nitro benzene ring substituents is 1. The van der Waals surface area contributed by atoms with E-state index in [9.17, 15) is 29.3 Å². The molecule has 2 heterocycles. The Morgan fingerprint density at radius 1 is 0.797 bits per heavy atom. The summed E-state index contributed by atoms with van der Waals surface area (Å²) >= 11 is -0.246. The predicted octanol–water partition coefficient (Wildman–Crippen LogP) is 5.99. The molecule has 0 amide bonds. The van der Waals surface area contributed by atoms with Gasteiger partial charge < -0.3 is 0 Å². The Morgan fingerprint density at radius 2 is 1.36 bits per heavy atom. The predicted molar refractivity (Wildman–Crippen MR) is 216 cm³/mol. The number of esters is 2. The van der Waals surface area contributed by atoms with Crippen molar-refractivity contribution in [3.05, 3.63) is 163 Å². The summed E-state index contributed by atoms with van der Waals surface area (Å²) in [5.41, 5.74) is -0.221. The molecule has 0 spiro atoms. The van der Waals surface area contributed by atoms with Gasteiger partial charge in [-0.25, -0.2) is 0 Å². The molecule has 59 heavy (non-hydrogen) atoms. The number of methoxy groups -OCH3 is 2. The van der Waals surface area contributed by atoms with Crippen molar-refractivity contribution in [1.82, 2.24) is 9.55 Å². The number of H-pyrrole nitrogens is 1. The van der Waals surface area contributed by atoms with E-state index in [4.69, 9.17) is 28.4 Å². The van der Waals surface area contributed by atoms with Crippen LogP contribution in [0.2, 0.25) is 10.6 Å². The van der Waals surface area contributed by atoms with Gasteiger partial charge in [0.25, 0.3) is 5.69 Å². The number of hydrogen-bond donors (Lipinski definition) is 1. The van der Waals surface area contributed by atoms with Crippen LogP contribution in [0.3, 0.4) is 0 Å². The van der Waals surface area contributed by atoms with Crippen LogP contribution in [-0.2, 0) is 29.4 Å². The Balaban J connectivity index is 1.26.